The van der Waals surface area contributed by atoms with Gasteiger partial charge < -0.3 is 25.8 Å². The van der Waals surface area contributed by atoms with E-state index in [9.17, 15) is 24.0 Å². The van der Waals surface area contributed by atoms with E-state index in [2.05, 4.69) is 20.9 Å². The van der Waals surface area contributed by atoms with Crippen LogP contribution in [0.4, 0.5) is 0 Å². The van der Waals surface area contributed by atoms with Crippen LogP contribution in [-0.4, -0.2) is 70.5 Å². The Hall–Kier alpha value is -3.11. The fourth-order valence-corrected chi connectivity index (χ4v) is 6.52. The quantitative estimate of drug-likeness (QED) is 0.351. The van der Waals surface area contributed by atoms with Gasteiger partial charge in [0.2, 0.25) is 17.6 Å². The molecule has 2 aliphatic heterocycles. The van der Waals surface area contributed by atoms with Gasteiger partial charge in [0, 0.05) is 41.0 Å². The van der Waals surface area contributed by atoms with Crippen LogP contribution in [-0.2, 0) is 19.2 Å². The third-order valence-corrected chi connectivity index (χ3v) is 9.27. The van der Waals surface area contributed by atoms with E-state index in [0.717, 1.165) is 32.1 Å². The SMILES string of the molecule is O=C(NC1CC1)C(=O)C(CC1CCNC1=O)NC(=O)C1CC2(CCN1C(=O)c1cc3c(Cl)cc(Cl)cc3[nH]1)CC2. The number of carbonyl (C=O) groups is 5. The van der Waals surface area contributed by atoms with Crippen molar-refractivity contribution >= 4 is 63.5 Å². The molecule has 3 atom stereocenters. The first-order valence-corrected chi connectivity index (χ1v) is 14.6. The zero-order valence-corrected chi connectivity index (χ0v) is 23.4. The number of amides is 4. The van der Waals surface area contributed by atoms with Crippen LogP contribution in [0.25, 0.3) is 10.9 Å². The van der Waals surface area contributed by atoms with Gasteiger partial charge in [0.25, 0.3) is 11.8 Å². The van der Waals surface area contributed by atoms with Gasteiger partial charge in [-0.05, 0) is 75.0 Å². The van der Waals surface area contributed by atoms with E-state index in [-0.39, 0.29) is 35.4 Å². The second-order valence-corrected chi connectivity index (χ2v) is 12.5. The van der Waals surface area contributed by atoms with Crippen molar-refractivity contribution in [2.75, 3.05) is 13.1 Å². The van der Waals surface area contributed by atoms with Crippen LogP contribution in [0.5, 0.6) is 0 Å². The first-order valence-electron chi connectivity index (χ1n) is 13.8. The molecule has 4 aliphatic rings. The molecule has 2 aromatic rings. The number of ketones is 1. The van der Waals surface area contributed by atoms with Gasteiger partial charge in [-0.15, -0.1) is 0 Å². The monoisotopic (exact) mass is 587 g/mol. The minimum Gasteiger partial charge on any atom is -0.356 e. The van der Waals surface area contributed by atoms with Crippen LogP contribution in [0.15, 0.2) is 18.2 Å². The fourth-order valence-electron chi connectivity index (χ4n) is 5.97. The van der Waals surface area contributed by atoms with Gasteiger partial charge in [-0.2, -0.15) is 0 Å². The summed E-state index contributed by atoms with van der Waals surface area (Å²) in [4.78, 5) is 70.3. The maximum Gasteiger partial charge on any atom is 0.289 e. The van der Waals surface area contributed by atoms with Crippen LogP contribution in [0.3, 0.4) is 0 Å². The zero-order chi connectivity index (χ0) is 28.2. The molecule has 2 saturated carbocycles. The summed E-state index contributed by atoms with van der Waals surface area (Å²) in [6, 6.07) is 2.92. The third-order valence-electron chi connectivity index (χ3n) is 8.74. The van der Waals surface area contributed by atoms with Crippen molar-refractivity contribution in [3.63, 3.8) is 0 Å². The Morgan fingerprint density at radius 3 is 2.52 bits per heavy atom. The molecule has 212 valence electrons. The lowest BCUT2D eigenvalue weighted by Gasteiger charge is -2.39. The Morgan fingerprint density at radius 1 is 1.07 bits per heavy atom. The predicted molar refractivity (Wildman–Crippen MR) is 148 cm³/mol. The van der Waals surface area contributed by atoms with Crippen molar-refractivity contribution in [1.82, 2.24) is 25.8 Å². The summed E-state index contributed by atoms with van der Waals surface area (Å²) in [5.74, 6) is -3.05. The number of rotatable bonds is 8. The van der Waals surface area contributed by atoms with E-state index in [1.807, 2.05) is 0 Å². The number of nitrogens with zero attached hydrogens (tertiary/aromatic N) is 1. The van der Waals surface area contributed by atoms with E-state index in [4.69, 9.17) is 23.2 Å². The molecule has 4 amide bonds. The van der Waals surface area contributed by atoms with Crippen LogP contribution < -0.4 is 16.0 Å². The Bertz CT molecular complexity index is 1420. The highest BCUT2D eigenvalue weighted by Crippen LogP contribution is 2.55. The molecule has 4 N–H and O–H groups in total. The largest absolute Gasteiger partial charge is 0.356 e. The van der Waals surface area contributed by atoms with Gasteiger partial charge in [0.1, 0.15) is 11.7 Å². The number of aromatic amines is 1. The highest BCUT2D eigenvalue weighted by molar-refractivity contribution is 6.39. The van der Waals surface area contributed by atoms with Gasteiger partial charge in [-0.25, -0.2) is 0 Å². The number of nitrogens with one attached hydrogen (secondary N) is 4. The van der Waals surface area contributed by atoms with Crippen LogP contribution in [0, 0.1) is 11.3 Å². The zero-order valence-electron chi connectivity index (χ0n) is 21.9. The van der Waals surface area contributed by atoms with E-state index in [1.165, 1.54) is 4.90 Å². The Labute approximate surface area is 240 Å². The summed E-state index contributed by atoms with van der Waals surface area (Å²) in [6.45, 7) is 0.867. The molecule has 2 aliphatic carbocycles. The fraction of sp³-hybridized carbons (Fsp3) is 0.536. The highest BCUT2D eigenvalue weighted by Gasteiger charge is 2.51. The van der Waals surface area contributed by atoms with Gasteiger partial charge in [-0.3, -0.25) is 24.0 Å². The summed E-state index contributed by atoms with van der Waals surface area (Å²) in [6.07, 6.45) is 5.39. The molecule has 0 radical (unpaired) electrons. The maximum atomic E-state index is 13.8. The minimum absolute atomic E-state index is 0.00423. The van der Waals surface area contributed by atoms with E-state index in [1.54, 1.807) is 18.2 Å². The molecule has 1 aromatic carbocycles. The molecule has 0 bridgehead atoms. The molecule has 40 heavy (non-hydrogen) atoms. The number of halogens is 2. The molecule has 12 heteroatoms. The summed E-state index contributed by atoms with van der Waals surface area (Å²) in [5.41, 5.74) is 0.895. The number of H-pyrrole nitrogens is 1. The van der Waals surface area contributed by atoms with E-state index < -0.39 is 35.6 Å². The van der Waals surface area contributed by atoms with Gasteiger partial charge in [0.15, 0.2) is 0 Å². The van der Waals surface area contributed by atoms with Crippen LogP contribution in [0.1, 0.15) is 61.9 Å². The van der Waals surface area contributed by atoms with Gasteiger partial charge in [-0.1, -0.05) is 23.2 Å². The number of benzene rings is 1. The summed E-state index contributed by atoms with van der Waals surface area (Å²) in [5, 5.41) is 9.70. The van der Waals surface area contributed by atoms with Crippen molar-refractivity contribution in [3.8, 4) is 0 Å². The normalized spacial score (nSPS) is 24.1. The Morgan fingerprint density at radius 2 is 1.85 bits per heavy atom. The van der Waals surface area contributed by atoms with Crippen molar-refractivity contribution in [1.29, 1.82) is 0 Å². The topological polar surface area (TPSA) is 140 Å². The number of carbonyl (C=O) groups excluding carboxylic acids is 5. The predicted octanol–water partition coefficient (Wildman–Crippen LogP) is 2.72. The van der Waals surface area contributed by atoms with Crippen LogP contribution in [0.2, 0.25) is 10.0 Å². The summed E-state index contributed by atoms with van der Waals surface area (Å²) >= 11 is 12.5. The molecular weight excluding hydrogens is 557 g/mol. The second kappa shape index (κ2) is 10.4. The van der Waals surface area contributed by atoms with Gasteiger partial charge >= 0.3 is 0 Å². The van der Waals surface area contributed by atoms with Crippen LogP contribution >= 0.6 is 23.2 Å². The lowest BCUT2D eigenvalue weighted by molar-refractivity contribution is -0.141. The number of aromatic nitrogens is 1. The van der Waals surface area contributed by atoms with Crippen molar-refractivity contribution in [2.45, 2.75) is 69.5 Å². The number of Topliss-reactive ketones (excluding diaryl/α,β-unsaturated/α-hetero) is 1. The molecule has 3 heterocycles. The number of piperidine rings is 1. The van der Waals surface area contributed by atoms with Crippen molar-refractivity contribution in [3.05, 3.63) is 33.9 Å². The molecule has 3 unspecified atom stereocenters. The molecule has 10 nitrogen and oxygen atoms in total. The smallest absolute Gasteiger partial charge is 0.289 e. The molecular formula is C28H31Cl2N5O5. The van der Waals surface area contributed by atoms with E-state index in [0.29, 0.717) is 46.9 Å². The van der Waals surface area contributed by atoms with Gasteiger partial charge in [0.05, 0.1) is 11.1 Å². The average Bonchev–Trinajstić information content (AvgIpc) is 3.80. The highest BCUT2D eigenvalue weighted by atomic mass is 35.5. The molecule has 1 spiro atoms. The molecule has 4 fully saturated rings. The number of hydrogen-bond acceptors (Lipinski definition) is 5. The number of hydrogen-bond donors (Lipinski definition) is 4. The minimum atomic E-state index is -1.16. The lowest BCUT2D eigenvalue weighted by atomic mass is 9.86. The number of fused-ring (bicyclic) bond motifs is 1. The molecule has 2 saturated heterocycles. The molecule has 6 rings (SSSR count). The Kier molecular flexibility index (Phi) is 7.02. The van der Waals surface area contributed by atoms with E-state index >= 15 is 0 Å². The lowest BCUT2D eigenvalue weighted by Crippen LogP contribution is -2.58. The second-order valence-electron chi connectivity index (χ2n) is 11.7. The van der Waals surface area contributed by atoms with Crippen molar-refractivity contribution in [2.24, 2.45) is 11.3 Å². The first-order chi connectivity index (χ1) is 19.1. The standard InChI is InChI=1S/C28H31Cl2N5O5/c29-15-10-18(30)17-12-21(33-19(17)11-15)27(40)35-8-6-28(4-5-28)13-22(35)25(38)34-20(9-14-3-7-31-24(14)37)23(36)26(39)32-16-1-2-16/h10-12,14,16,20,22,33H,1-9,13H2,(H,31,37)(H,32,39)(H,34,38). The summed E-state index contributed by atoms with van der Waals surface area (Å²) in [7, 11) is 0. The average molecular weight is 588 g/mol. The Balaban J connectivity index is 1.24. The third kappa shape index (κ3) is 5.43. The number of likely N-dealkylation sites (tertiary alicyclic amines) is 1. The first kappa shape index (κ1) is 27.1. The van der Waals surface area contributed by atoms with Crippen molar-refractivity contribution < 1.29 is 24.0 Å². The maximum absolute atomic E-state index is 13.8. The molecule has 1 aromatic heterocycles. The summed E-state index contributed by atoms with van der Waals surface area (Å²) < 4.78 is 0.